The van der Waals surface area contributed by atoms with Gasteiger partial charge in [0.1, 0.15) is 11.4 Å². The topological polar surface area (TPSA) is 61.9 Å². The molecule has 0 unspecified atom stereocenters. The molecule has 2 aromatic rings. The van der Waals surface area contributed by atoms with Crippen LogP contribution in [0.15, 0.2) is 54.2 Å². The van der Waals surface area contributed by atoms with Gasteiger partial charge in [-0.1, -0.05) is 19.1 Å². The first kappa shape index (κ1) is 23.4. The lowest BCUT2D eigenvalue weighted by atomic mass is 10.0. The molecule has 0 bridgehead atoms. The molecule has 0 radical (unpaired) electrons. The number of nitrogens with one attached hydrogen (secondary N) is 1. The maximum absolute atomic E-state index is 13.2. The largest absolute Gasteiger partial charge is 0.494 e. The Morgan fingerprint density at radius 2 is 1.53 bits per heavy atom. The molecule has 0 spiro atoms. The summed E-state index contributed by atoms with van der Waals surface area (Å²) in [6.45, 7) is 12.5. The van der Waals surface area contributed by atoms with Crippen LogP contribution in [-0.2, 0) is 9.59 Å². The first-order chi connectivity index (χ1) is 15.4. The molecule has 1 heterocycles. The fraction of sp³-hybridized carbons (Fsp3) is 0.385. The molecule has 2 amide bonds. The number of carbonyl (C=O) groups is 2. The van der Waals surface area contributed by atoms with Gasteiger partial charge < -0.3 is 15.0 Å². The van der Waals surface area contributed by atoms with E-state index in [1.807, 2.05) is 62.4 Å². The molecule has 1 aliphatic rings. The number of hydrogen-bond donors (Lipinski definition) is 1. The number of carbonyl (C=O) groups excluding carboxylic acids is 2. The van der Waals surface area contributed by atoms with Crippen LogP contribution >= 0.6 is 0 Å². The highest BCUT2D eigenvalue weighted by molar-refractivity contribution is 6.36. The van der Waals surface area contributed by atoms with Crippen molar-refractivity contribution in [1.82, 2.24) is 4.90 Å². The molecule has 0 aromatic heterocycles. The van der Waals surface area contributed by atoms with Crippen molar-refractivity contribution in [3.05, 3.63) is 59.8 Å². The molecule has 3 rings (SSSR count). The zero-order chi connectivity index (χ0) is 23.3. The van der Waals surface area contributed by atoms with E-state index < -0.39 is 0 Å². The Kier molecular flexibility index (Phi) is 7.57. The van der Waals surface area contributed by atoms with E-state index in [-0.39, 0.29) is 17.9 Å². The molecule has 6 nitrogen and oxygen atoms in total. The van der Waals surface area contributed by atoms with Crippen molar-refractivity contribution < 1.29 is 14.3 Å². The predicted molar refractivity (Wildman–Crippen MR) is 130 cm³/mol. The first-order valence-corrected chi connectivity index (χ1v) is 11.4. The first-order valence-electron chi connectivity index (χ1n) is 11.4. The minimum atomic E-state index is -0.306. The Labute approximate surface area is 190 Å². The van der Waals surface area contributed by atoms with Crippen LogP contribution in [0.5, 0.6) is 5.75 Å². The van der Waals surface area contributed by atoms with Gasteiger partial charge in [-0.05, 0) is 76.1 Å². The Bertz CT molecular complexity index is 974. The van der Waals surface area contributed by atoms with Crippen molar-refractivity contribution in [2.45, 2.75) is 47.1 Å². The van der Waals surface area contributed by atoms with Crippen LogP contribution in [0.4, 0.5) is 11.4 Å². The second kappa shape index (κ2) is 10.4. The van der Waals surface area contributed by atoms with Crippen molar-refractivity contribution >= 4 is 28.8 Å². The molecule has 1 aliphatic heterocycles. The SMILES string of the molecule is CCCOc1ccc(C2=C(Nc3ccc(N(CC)CC)cc3)C(=O)N(C(C)C)C2=O)cc1. The lowest BCUT2D eigenvalue weighted by molar-refractivity contribution is -0.138. The van der Waals surface area contributed by atoms with E-state index >= 15 is 0 Å². The molecule has 0 atom stereocenters. The average molecular weight is 436 g/mol. The summed E-state index contributed by atoms with van der Waals surface area (Å²) in [6.07, 6.45) is 0.921. The normalized spacial score (nSPS) is 13.9. The smallest absolute Gasteiger partial charge is 0.278 e. The highest BCUT2D eigenvalue weighted by atomic mass is 16.5. The number of amides is 2. The van der Waals surface area contributed by atoms with E-state index in [2.05, 4.69) is 31.0 Å². The van der Waals surface area contributed by atoms with Crippen molar-refractivity contribution in [3.8, 4) is 5.75 Å². The zero-order valence-electron chi connectivity index (χ0n) is 19.6. The Balaban J connectivity index is 1.95. The quantitative estimate of drug-likeness (QED) is 0.537. The maximum atomic E-state index is 13.2. The van der Waals surface area contributed by atoms with E-state index in [0.717, 1.165) is 36.6 Å². The van der Waals surface area contributed by atoms with E-state index in [9.17, 15) is 9.59 Å². The maximum Gasteiger partial charge on any atom is 0.278 e. The summed E-state index contributed by atoms with van der Waals surface area (Å²) in [5, 5.41) is 3.22. The van der Waals surface area contributed by atoms with Crippen LogP contribution in [0.1, 0.15) is 46.6 Å². The van der Waals surface area contributed by atoms with Crippen LogP contribution in [0, 0.1) is 0 Å². The summed E-state index contributed by atoms with van der Waals surface area (Å²) in [6, 6.07) is 15.0. The Hall–Kier alpha value is -3.28. The summed E-state index contributed by atoms with van der Waals surface area (Å²) in [4.78, 5) is 29.9. The van der Waals surface area contributed by atoms with E-state index in [1.165, 1.54) is 4.90 Å². The molecule has 0 saturated carbocycles. The summed E-state index contributed by atoms with van der Waals surface area (Å²) in [5.74, 6) is 0.156. The van der Waals surface area contributed by atoms with E-state index in [4.69, 9.17) is 4.74 Å². The molecule has 0 aliphatic carbocycles. The molecule has 0 fully saturated rings. The summed E-state index contributed by atoms with van der Waals surface area (Å²) in [7, 11) is 0. The van der Waals surface area contributed by atoms with Crippen LogP contribution in [0.25, 0.3) is 5.57 Å². The average Bonchev–Trinajstić information content (AvgIpc) is 3.04. The van der Waals surface area contributed by atoms with Crippen molar-refractivity contribution in [3.63, 3.8) is 0 Å². The summed E-state index contributed by atoms with van der Waals surface area (Å²) in [5.41, 5.74) is 3.27. The third-order valence-corrected chi connectivity index (χ3v) is 5.51. The molecular weight excluding hydrogens is 402 g/mol. The minimum absolute atomic E-state index is 0.235. The summed E-state index contributed by atoms with van der Waals surface area (Å²) >= 11 is 0. The predicted octanol–water partition coefficient (Wildman–Crippen LogP) is 4.92. The molecule has 2 aromatic carbocycles. The number of rotatable bonds is 10. The van der Waals surface area contributed by atoms with Gasteiger partial charge in [0.25, 0.3) is 11.8 Å². The molecule has 32 heavy (non-hydrogen) atoms. The third-order valence-electron chi connectivity index (χ3n) is 5.51. The Morgan fingerprint density at radius 3 is 2.06 bits per heavy atom. The van der Waals surface area contributed by atoms with Gasteiger partial charge in [0.2, 0.25) is 0 Å². The number of ether oxygens (including phenoxy) is 1. The van der Waals surface area contributed by atoms with Gasteiger partial charge in [-0.3, -0.25) is 14.5 Å². The van der Waals surface area contributed by atoms with Gasteiger partial charge in [-0.2, -0.15) is 0 Å². The fourth-order valence-electron chi connectivity index (χ4n) is 3.83. The molecule has 6 heteroatoms. The fourth-order valence-corrected chi connectivity index (χ4v) is 3.83. The lowest BCUT2D eigenvalue weighted by Crippen LogP contribution is -2.38. The number of nitrogens with zero attached hydrogens (tertiary/aromatic N) is 2. The molecule has 0 saturated heterocycles. The number of benzene rings is 2. The molecule has 1 N–H and O–H groups in total. The molecule has 170 valence electrons. The monoisotopic (exact) mass is 435 g/mol. The van der Waals surface area contributed by atoms with Gasteiger partial charge in [0, 0.05) is 30.5 Å². The van der Waals surface area contributed by atoms with E-state index in [1.54, 1.807) is 0 Å². The highest BCUT2D eigenvalue weighted by Gasteiger charge is 2.40. The van der Waals surface area contributed by atoms with Gasteiger partial charge in [0.15, 0.2) is 0 Å². The van der Waals surface area contributed by atoms with Gasteiger partial charge in [-0.25, -0.2) is 0 Å². The van der Waals surface area contributed by atoms with Gasteiger partial charge in [0.05, 0.1) is 12.2 Å². The van der Waals surface area contributed by atoms with Crippen molar-refractivity contribution in [2.24, 2.45) is 0 Å². The number of imide groups is 1. The van der Waals surface area contributed by atoms with Crippen LogP contribution < -0.4 is 15.0 Å². The molecular formula is C26H33N3O3. The second-order valence-electron chi connectivity index (χ2n) is 8.04. The minimum Gasteiger partial charge on any atom is -0.494 e. The van der Waals surface area contributed by atoms with Gasteiger partial charge in [-0.15, -0.1) is 0 Å². The Morgan fingerprint density at radius 1 is 0.906 bits per heavy atom. The third kappa shape index (κ3) is 4.79. The van der Waals surface area contributed by atoms with Crippen LogP contribution in [0.2, 0.25) is 0 Å². The highest BCUT2D eigenvalue weighted by Crippen LogP contribution is 2.33. The number of hydrogen-bond acceptors (Lipinski definition) is 5. The van der Waals surface area contributed by atoms with Crippen LogP contribution in [-0.4, -0.2) is 42.5 Å². The van der Waals surface area contributed by atoms with E-state index in [0.29, 0.717) is 23.4 Å². The zero-order valence-corrected chi connectivity index (χ0v) is 19.6. The standard InChI is InChI=1S/C26H33N3O3/c1-6-17-32-22-15-9-19(10-16-22)23-24(26(31)29(18(4)5)25(23)30)27-20-11-13-21(14-12-20)28(7-2)8-3/h9-16,18,27H,6-8,17H2,1-5H3. The lowest BCUT2D eigenvalue weighted by Gasteiger charge is -2.21. The summed E-state index contributed by atoms with van der Waals surface area (Å²) < 4.78 is 5.65. The second-order valence-corrected chi connectivity index (χ2v) is 8.04. The number of anilines is 2. The van der Waals surface area contributed by atoms with Gasteiger partial charge >= 0.3 is 0 Å². The van der Waals surface area contributed by atoms with Crippen molar-refractivity contribution in [1.29, 1.82) is 0 Å². The van der Waals surface area contributed by atoms with Crippen LogP contribution in [0.3, 0.4) is 0 Å². The van der Waals surface area contributed by atoms with Crippen molar-refractivity contribution in [2.75, 3.05) is 29.9 Å².